The standard InChI is InChI=1S/C19H25N3O4.ClH/c1-12-10-20-5-4-15(12)21-19(24)13-8-18(23)22(11-13)14-2-3-16-17(9-14)26-7-6-25-16;/h2-3,9,12-13,15,20H,4-8,10-11H2,1H3,(H,21,24);1H. The van der Waals surface area contributed by atoms with E-state index in [0.717, 1.165) is 25.2 Å². The number of piperidine rings is 1. The van der Waals surface area contributed by atoms with Crippen LogP contribution in [0.3, 0.4) is 0 Å². The van der Waals surface area contributed by atoms with E-state index in [1.807, 2.05) is 18.2 Å². The maximum atomic E-state index is 12.7. The van der Waals surface area contributed by atoms with Crippen LogP contribution in [0.1, 0.15) is 19.8 Å². The molecule has 2 N–H and O–H groups in total. The van der Waals surface area contributed by atoms with Crippen molar-refractivity contribution in [2.75, 3.05) is 37.7 Å². The van der Waals surface area contributed by atoms with Gasteiger partial charge in [-0.3, -0.25) is 9.59 Å². The fraction of sp³-hybridized carbons (Fsp3) is 0.579. The number of amides is 2. The molecule has 0 saturated carbocycles. The molecule has 1 aromatic rings. The molecule has 27 heavy (non-hydrogen) atoms. The van der Waals surface area contributed by atoms with Gasteiger partial charge in [-0.15, -0.1) is 12.4 Å². The van der Waals surface area contributed by atoms with E-state index in [0.29, 0.717) is 37.2 Å². The molecule has 3 aliphatic rings. The number of hydrogen-bond donors (Lipinski definition) is 2. The van der Waals surface area contributed by atoms with E-state index in [4.69, 9.17) is 9.47 Å². The highest BCUT2D eigenvalue weighted by atomic mass is 35.5. The largest absolute Gasteiger partial charge is 0.486 e. The van der Waals surface area contributed by atoms with Crippen molar-refractivity contribution in [3.8, 4) is 11.5 Å². The minimum Gasteiger partial charge on any atom is -0.486 e. The number of nitrogens with one attached hydrogen (secondary N) is 2. The van der Waals surface area contributed by atoms with Gasteiger partial charge in [0.05, 0.1) is 5.92 Å². The maximum absolute atomic E-state index is 12.7. The zero-order valence-electron chi connectivity index (χ0n) is 15.4. The van der Waals surface area contributed by atoms with Crippen LogP contribution in [0.4, 0.5) is 5.69 Å². The Kier molecular flexibility index (Phi) is 6.11. The first-order valence-corrected chi connectivity index (χ1v) is 9.33. The lowest BCUT2D eigenvalue weighted by atomic mass is 9.94. The first-order chi connectivity index (χ1) is 12.6. The van der Waals surface area contributed by atoms with Crippen LogP contribution in [0.25, 0.3) is 0 Å². The van der Waals surface area contributed by atoms with Gasteiger partial charge >= 0.3 is 0 Å². The summed E-state index contributed by atoms with van der Waals surface area (Å²) in [5.41, 5.74) is 0.754. The third-order valence-corrected chi connectivity index (χ3v) is 5.45. The Balaban J connectivity index is 0.00000210. The van der Waals surface area contributed by atoms with Gasteiger partial charge in [0.15, 0.2) is 11.5 Å². The highest BCUT2D eigenvalue weighted by molar-refractivity contribution is 6.00. The normalized spacial score (nSPS) is 27.1. The Morgan fingerprint density at radius 3 is 2.81 bits per heavy atom. The number of hydrogen-bond acceptors (Lipinski definition) is 5. The summed E-state index contributed by atoms with van der Waals surface area (Å²) in [6.07, 6.45) is 1.18. The van der Waals surface area contributed by atoms with Crippen molar-refractivity contribution in [2.24, 2.45) is 11.8 Å². The lowest BCUT2D eigenvalue weighted by Gasteiger charge is -2.31. The summed E-state index contributed by atoms with van der Waals surface area (Å²) in [6.45, 7) is 5.42. The van der Waals surface area contributed by atoms with Gasteiger partial charge in [-0.2, -0.15) is 0 Å². The molecule has 8 heteroatoms. The van der Waals surface area contributed by atoms with Gasteiger partial charge in [0.25, 0.3) is 0 Å². The van der Waals surface area contributed by atoms with Crippen molar-refractivity contribution in [1.82, 2.24) is 10.6 Å². The van der Waals surface area contributed by atoms with Crippen LogP contribution >= 0.6 is 12.4 Å². The molecular weight excluding hydrogens is 370 g/mol. The Hall–Kier alpha value is -1.99. The fourth-order valence-electron chi connectivity index (χ4n) is 3.86. The van der Waals surface area contributed by atoms with Crippen LogP contribution in [-0.2, 0) is 9.59 Å². The van der Waals surface area contributed by atoms with Gasteiger partial charge in [-0.05, 0) is 37.6 Å². The quantitative estimate of drug-likeness (QED) is 0.807. The van der Waals surface area contributed by atoms with Gasteiger partial charge in [0.1, 0.15) is 13.2 Å². The molecule has 1 aromatic carbocycles. The van der Waals surface area contributed by atoms with Gasteiger partial charge < -0.3 is 25.0 Å². The Bertz CT molecular complexity index is 714. The maximum Gasteiger partial charge on any atom is 0.227 e. The number of anilines is 1. The predicted molar refractivity (Wildman–Crippen MR) is 104 cm³/mol. The summed E-state index contributed by atoms with van der Waals surface area (Å²) in [5, 5.41) is 6.48. The molecule has 3 heterocycles. The van der Waals surface area contributed by atoms with Crippen molar-refractivity contribution < 1.29 is 19.1 Å². The van der Waals surface area contributed by atoms with Crippen LogP contribution in [0, 0.1) is 11.8 Å². The van der Waals surface area contributed by atoms with Gasteiger partial charge in [0, 0.05) is 30.8 Å². The monoisotopic (exact) mass is 395 g/mol. The topological polar surface area (TPSA) is 79.9 Å². The van der Waals surface area contributed by atoms with E-state index in [9.17, 15) is 9.59 Å². The molecule has 4 rings (SSSR count). The number of halogens is 1. The van der Waals surface area contributed by atoms with Crippen LogP contribution in [0.5, 0.6) is 11.5 Å². The van der Waals surface area contributed by atoms with Gasteiger partial charge in [-0.1, -0.05) is 6.92 Å². The van der Waals surface area contributed by atoms with Crippen molar-refractivity contribution in [1.29, 1.82) is 0 Å². The average molecular weight is 396 g/mol. The Labute approximate surface area is 165 Å². The summed E-state index contributed by atoms with van der Waals surface area (Å²) >= 11 is 0. The molecular formula is C19H26ClN3O4. The highest BCUT2D eigenvalue weighted by Gasteiger charge is 2.37. The number of carbonyl (C=O) groups excluding carboxylic acids is 2. The first-order valence-electron chi connectivity index (χ1n) is 9.33. The van der Waals surface area contributed by atoms with E-state index in [2.05, 4.69) is 17.6 Å². The van der Waals surface area contributed by atoms with Crippen molar-refractivity contribution >= 4 is 29.9 Å². The number of ether oxygens (including phenoxy) is 2. The van der Waals surface area contributed by atoms with Crippen LogP contribution in [0.15, 0.2) is 18.2 Å². The molecule has 3 aliphatic heterocycles. The second-order valence-electron chi connectivity index (χ2n) is 7.32. The van der Waals surface area contributed by atoms with Crippen LogP contribution in [0.2, 0.25) is 0 Å². The average Bonchev–Trinajstić information content (AvgIpc) is 3.05. The van der Waals surface area contributed by atoms with E-state index in [1.165, 1.54) is 0 Å². The van der Waals surface area contributed by atoms with Crippen molar-refractivity contribution in [3.05, 3.63) is 18.2 Å². The summed E-state index contributed by atoms with van der Waals surface area (Å²) in [7, 11) is 0. The van der Waals surface area contributed by atoms with Gasteiger partial charge in [-0.25, -0.2) is 0 Å². The van der Waals surface area contributed by atoms with E-state index < -0.39 is 0 Å². The molecule has 0 spiro atoms. The summed E-state index contributed by atoms with van der Waals surface area (Å²) in [4.78, 5) is 26.8. The smallest absolute Gasteiger partial charge is 0.227 e. The molecule has 0 bridgehead atoms. The Morgan fingerprint density at radius 1 is 1.26 bits per heavy atom. The molecule has 3 atom stereocenters. The van der Waals surface area contributed by atoms with Crippen LogP contribution in [-0.4, -0.2) is 50.7 Å². The van der Waals surface area contributed by atoms with E-state index in [-0.39, 0.29) is 42.6 Å². The van der Waals surface area contributed by atoms with E-state index in [1.54, 1.807) is 4.90 Å². The zero-order valence-corrected chi connectivity index (χ0v) is 16.2. The predicted octanol–water partition coefficient (Wildman–Crippen LogP) is 1.35. The third-order valence-electron chi connectivity index (χ3n) is 5.45. The fourth-order valence-corrected chi connectivity index (χ4v) is 3.86. The van der Waals surface area contributed by atoms with Crippen molar-refractivity contribution in [3.63, 3.8) is 0 Å². The molecule has 0 aliphatic carbocycles. The number of nitrogens with zero attached hydrogens (tertiary/aromatic N) is 1. The molecule has 2 amide bonds. The van der Waals surface area contributed by atoms with Gasteiger partial charge in [0.2, 0.25) is 11.8 Å². The lowest BCUT2D eigenvalue weighted by molar-refractivity contribution is -0.127. The third kappa shape index (κ3) is 4.14. The minimum atomic E-state index is -0.308. The molecule has 148 valence electrons. The number of carbonyl (C=O) groups is 2. The second kappa shape index (κ2) is 8.35. The molecule has 7 nitrogen and oxygen atoms in total. The first kappa shape index (κ1) is 19.8. The molecule has 0 radical (unpaired) electrons. The summed E-state index contributed by atoms with van der Waals surface area (Å²) < 4.78 is 11.1. The van der Waals surface area contributed by atoms with Crippen LogP contribution < -0.4 is 25.0 Å². The SMILES string of the molecule is CC1CNCCC1NC(=O)C1CC(=O)N(c2ccc3c(c2)OCCO3)C1.Cl. The summed E-state index contributed by atoms with van der Waals surface area (Å²) in [6, 6.07) is 5.67. The number of fused-ring (bicyclic) bond motifs is 1. The minimum absolute atomic E-state index is 0. The molecule has 3 unspecified atom stereocenters. The Morgan fingerprint density at radius 2 is 2.04 bits per heavy atom. The molecule has 2 fully saturated rings. The van der Waals surface area contributed by atoms with Crippen molar-refractivity contribution in [2.45, 2.75) is 25.8 Å². The number of rotatable bonds is 3. The number of benzene rings is 1. The highest BCUT2D eigenvalue weighted by Crippen LogP contribution is 2.36. The molecule has 0 aromatic heterocycles. The molecule has 2 saturated heterocycles. The second-order valence-corrected chi connectivity index (χ2v) is 7.32. The van der Waals surface area contributed by atoms with E-state index >= 15 is 0 Å². The zero-order chi connectivity index (χ0) is 18.1. The lowest BCUT2D eigenvalue weighted by Crippen LogP contribution is -2.50. The summed E-state index contributed by atoms with van der Waals surface area (Å²) in [5.74, 6) is 1.40.